The minimum atomic E-state index is -0.559. The molecule has 0 radical (unpaired) electrons. The molecular formula is C18H16FN3O2. The molecule has 0 atom stereocenters. The van der Waals surface area contributed by atoms with Gasteiger partial charge in [-0.1, -0.05) is 24.3 Å². The van der Waals surface area contributed by atoms with Crippen molar-refractivity contribution in [3.63, 3.8) is 0 Å². The predicted molar refractivity (Wildman–Crippen MR) is 90.8 cm³/mol. The van der Waals surface area contributed by atoms with Crippen molar-refractivity contribution in [2.45, 2.75) is 20.4 Å². The second kappa shape index (κ2) is 6.23. The van der Waals surface area contributed by atoms with E-state index in [-0.39, 0.29) is 16.9 Å². The largest absolute Gasteiger partial charge is 0.318 e. The Morgan fingerprint density at radius 2 is 1.92 bits per heavy atom. The van der Waals surface area contributed by atoms with Crippen molar-refractivity contribution in [1.29, 1.82) is 0 Å². The van der Waals surface area contributed by atoms with E-state index in [0.717, 1.165) is 5.56 Å². The van der Waals surface area contributed by atoms with Gasteiger partial charge in [-0.25, -0.2) is 9.07 Å². The molecule has 0 aliphatic carbocycles. The van der Waals surface area contributed by atoms with E-state index in [4.69, 9.17) is 0 Å². The zero-order chi connectivity index (χ0) is 17.3. The molecule has 1 amide bonds. The quantitative estimate of drug-likeness (QED) is 0.805. The number of carbonyl (C=O) groups excluding carboxylic acids is 1. The molecule has 1 heterocycles. The van der Waals surface area contributed by atoms with Crippen molar-refractivity contribution >= 4 is 22.4 Å². The third-order valence-electron chi connectivity index (χ3n) is 3.76. The number of amides is 1. The van der Waals surface area contributed by atoms with Crippen LogP contribution in [0.25, 0.3) is 10.8 Å². The summed E-state index contributed by atoms with van der Waals surface area (Å²) < 4.78 is 15.2. The number of hydrogen-bond acceptors (Lipinski definition) is 3. The standard InChI is InChI=1S/C18H16FN3O2/c1-3-22-18(24)13-7-5-4-6-12(13)16(21-22)17(23)20-15-9-8-11(2)10-14(15)19/h4-10H,3H2,1-2H3,(H,20,23). The zero-order valence-electron chi connectivity index (χ0n) is 13.3. The van der Waals surface area contributed by atoms with E-state index in [1.807, 2.05) is 0 Å². The smallest absolute Gasteiger partial charge is 0.276 e. The van der Waals surface area contributed by atoms with Crippen molar-refractivity contribution < 1.29 is 9.18 Å². The molecular weight excluding hydrogens is 309 g/mol. The molecule has 3 rings (SSSR count). The van der Waals surface area contributed by atoms with Crippen LogP contribution in [0.3, 0.4) is 0 Å². The molecule has 6 heteroatoms. The molecule has 0 unspecified atom stereocenters. The monoisotopic (exact) mass is 325 g/mol. The summed E-state index contributed by atoms with van der Waals surface area (Å²) >= 11 is 0. The third kappa shape index (κ3) is 2.78. The lowest BCUT2D eigenvalue weighted by atomic mass is 10.1. The fraction of sp³-hybridized carbons (Fsp3) is 0.167. The number of benzene rings is 2. The first-order valence-electron chi connectivity index (χ1n) is 7.58. The third-order valence-corrected chi connectivity index (χ3v) is 3.76. The summed E-state index contributed by atoms with van der Waals surface area (Å²) in [5, 5.41) is 7.50. The maximum absolute atomic E-state index is 14.0. The van der Waals surface area contributed by atoms with Gasteiger partial charge in [-0.05, 0) is 37.6 Å². The van der Waals surface area contributed by atoms with Gasteiger partial charge < -0.3 is 5.32 Å². The molecule has 0 saturated carbocycles. The zero-order valence-corrected chi connectivity index (χ0v) is 13.3. The highest BCUT2D eigenvalue weighted by molar-refractivity contribution is 6.11. The number of hydrogen-bond donors (Lipinski definition) is 1. The fourth-order valence-corrected chi connectivity index (χ4v) is 2.52. The number of fused-ring (bicyclic) bond motifs is 1. The summed E-state index contributed by atoms with van der Waals surface area (Å²) in [5.74, 6) is -1.08. The first-order valence-corrected chi connectivity index (χ1v) is 7.58. The van der Waals surface area contributed by atoms with E-state index >= 15 is 0 Å². The molecule has 122 valence electrons. The first-order chi connectivity index (χ1) is 11.5. The molecule has 0 bridgehead atoms. The number of anilines is 1. The van der Waals surface area contributed by atoms with Gasteiger partial charge in [-0.3, -0.25) is 9.59 Å². The van der Waals surface area contributed by atoms with Crippen molar-refractivity contribution in [3.05, 3.63) is 69.9 Å². The van der Waals surface area contributed by atoms with Crippen LogP contribution in [-0.4, -0.2) is 15.7 Å². The SMILES string of the molecule is CCn1nc(C(=O)Nc2ccc(C)cc2F)c2ccccc2c1=O. The molecule has 1 N–H and O–H groups in total. The minimum Gasteiger partial charge on any atom is -0.318 e. The number of aromatic nitrogens is 2. The van der Waals surface area contributed by atoms with E-state index < -0.39 is 11.7 Å². The number of carbonyl (C=O) groups is 1. The maximum atomic E-state index is 14.0. The summed E-state index contributed by atoms with van der Waals surface area (Å²) in [4.78, 5) is 24.9. The minimum absolute atomic E-state index is 0.0747. The maximum Gasteiger partial charge on any atom is 0.276 e. The molecule has 0 aliphatic rings. The topological polar surface area (TPSA) is 64.0 Å². The molecule has 5 nitrogen and oxygen atoms in total. The molecule has 0 saturated heterocycles. The Morgan fingerprint density at radius 1 is 1.21 bits per heavy atom. The predicted octanol–water partition coefficient (Wildman–Crippen LogP) is 3.12. The van der Waals surface area contributed by atoms with Gasteiger partial charge in [0, 0.05) is 11.9 Å². The van der Waals surface area contributed by atoms with E-state index in [9.17, 15) is 14.0 Å². The summed E-state index contributed by atoms with van der Waals surface area (Å²) in [6.07, 6.45) is 0. The Hall–Kier alpha value is -3.02. The van der Waals surface area contributed by atoms with Crippen LogP contribution in [0.5, 0.6) is 0 Å². The Balaban J connectivity index is 2.10. The van der Waals surface area contributed by atoms with Gasteiger partial charge in [0.25, 0.3) is 11.5 Å². The highest BCUT2D eigenvalue weighted by atomic mass is 19.1. The lowest BCUT2D eigenvalue weighted by Gasteiger charge is -2.11. The van der Waals surface area contributed by atoms with Crippen molar-refractivity contribution in [2.24, 2.45) is 0 Å². The van der Waals surface area contributed by atoms with Gasteiger partial charge in [0.15, 0.2) is 5.69 Å². The van der Waals surface area contributed by atoms with E-state index in [1.54, 1.807) is 44.2 Å². The lowest BCUT2D eigenvalue weighted by Crippen LogP contribution is -2.27. The molecule has 1 aromatic heterocycles. The molecule has 0 spiro atoms. The van der Waals surface area contributed by atoms with Gasteiger partial charge >= 0.3 is 0 Å². The number of nitrogens with one attached hydrogen (secondary N) is 1. The number of aryl methyl sites for hydroxylation is 2. The van der Waals surface area contributed by atoms with Crippen LogP contribution >= 0.6 is 0 Å². The number of halogens is 1. The van der Waals surface area contributed by atoms with Crippen LogP contribution in [0.2, 0.25) is 0 Å². The van der Waals surface area contributed by atoms with Crippen LogP contribution in [-0.2, 0) is 6.54 Å². The molecule has 0 aliphatic heterocycles. The van der Waals surface area contributed by atoms with Crippen LogP contribution in [0.4, 0.5) is 10.1 Å². The van der Waals surface area contributed by atoms with Gasteiger partial charge in [0.2, 0.25) is 0 Å². The summed E-state index contributed by atoms with van der Waals surface area (Å²) in [6.45, 7) is 3.87. The van der Waals surface area contributed by atoms with Crippen molar-refractivity contribution in [1.82, 2.24) is 9.78 Å². The Labute approximate surface area is 137 Å². The highest BCUT2D eigenvalue weighted by Gasteiger charge is 2.17. The van der Waals surface area contributed by atoms with Crippen LogP contribution < -0.4 is 10.9 Å². The van der Waals surface area contributed by atoms with Gasteiger partial charge in [0.05, 0.1) is 11.1 Å². The Morgan fingerprint density at radius 3 is 2.58 bits per heavy atom. The fourth-order valence-electron chi connectivity index (χ4n) is 2.52. The summed E-state index contributed by atoms with van der Waals surface area (Å²) in [5.41, 5.74) is 0.664. The Kier molecular flexibility index (Phi) is 4.12. The average molecular weight is 325 g/mol. The normalized spacial score (nSPS) is 10.8. The first kappa shape index (κ1) is 15.9. The van der Waals surface area contributed by atoms with E-state index in [0.29, 0.717) is 17.3 Å². The van der Waals surface area contributed by atoms with Crippen LogP contribution in [0.1, 0.15) is 23.0 Å². The molecule has 3 aromatic rings. The van der Waals surface area contributed by atoms with Crippen molar-refractivity contribution in [3.8, 4) is 0 Å². The molecule has 0 fully saturated rings. The summed E-state index contributed by atoms with van der Waals surface area (Å²) in [6, 6.07) is 11.3. The second-order valence-electron chi connectivity index (χ2n) is 5.45. The van der Waals surface area contributed by atoms with Gasteiger partial charge in [-0.15, -0.1) is 0 Å². The highest BCUT2D eigenvalue weighted by Crippen LogP contribution is 2.18. The average Bonchev–Trinajstić information content (AvgIpc) is 2.58. The van der Waals surface area contributed by atoms with Gasteiger partial charge in [-0.2, -0.15) is 5.10 Å². The van der Waals surface area contributed by atoms with E-state index in [2.05, 4.69) is 10.4 Å². The summed E-state index contributed by atoms with van der Waals surface area (Å²) in [7, 11) is 0. The molecule has 24 heavy (non-hydrogen) atoms. The lowest BCUT2D eigenvalue weighted by molar-refractivity contribution is 0.102. The van der Waals surface area contributed by atoms with E-state index in [1.165, 1.54) is 16.8 Å². The van der Waals surface area contributed by atoms with Crippen molar-refractivity contribution in [2.75, 3.05) is 5.32 Å². The van der Waals surface area contributed by atoms with Crippen LogP contribution in [0.15, 0.2) is 47.3 Å². The second-order valence-corrected chi connectivity index (χ2v) is 5.45. The number of rotatable bonds is 3. The van der Waals surface area contributed by atoms with Crippen LogP contribution in [0, 0.1) is 12.7 Å². The molecule has 2 aromatic carbocycles. The number of nitrogens with zero attached hydrogens (tertiary/aromatic N) is 2. The van der Waals surface area contributed by atoms with Gasteiger partial charge in [0.1, 0.15) is 5.82 Å². The Bertz CT molecular complexity index is 995.